The monoisotopic (exact) mass is 373 g/mol. The molecule has 2 aliphatic heterocycles. The van der Waals surface area contributed by atoms with Crippen molar-refractivity contribution < 1.29 is 14.6 Å². The summed E-state index contributed by atoms with van der Waals surface area (Å²) in [6.07, 6.45) is 1.63. The first kappa shape index (κ1) is 16.2. The number of hydrogen-bond donors (Lipinski definition) is 1. The molecule has 3 aliphatic rings. The summed E-state index contributed by atoms with van der Waals surface area (Å²) in [6, 6.07) is 9.93. The van der Waals surface area contributed by atoms with Gasteiger partial charge in [-0.25, -0.2) is 4.98 Å². The first-order valence-electron chi connectivity index (χ1n) is 9.64. The van der Waals surface area contributed by atoms with Crippen LogP contribution in [0.5, 0.6) is 0 Å². The van der Waals surface area contributed by atoms with Crippen LogP contribution in [0.4, 0.5) is 0 Å². The maximum absolute atomic E-state index is 13.0. The Labute approximate surface area is 161 Å². The van der Waals surface area contributed by atoms with E-state index in [2.05, 4.69) is 4.98 Å². The zero-order valence-corrected chi connectivity index (χ0v) is 15.6. The predicted octanol–water partition coefficient (Wildman–Crippen LogP) is 2.94. The molecule has 3 aromatic rings. The Hall–Kier alpha value is -2.83. The third-order valence-electron chi connectivity index (χ3n) is 6.10. The topological polar surface area (TPSA) is 75.6 Å². The van der Waals surface area contributed by atoms with Gasteiger partial charge in [0.05, 0.1) is 16.9 Å². The van der Waals surface area contributed by atoms with Gasteiger partial charge in [0.15, 0.2) is 0 Å². The SMILES string of the molecule is CC(C)[C@@H]1O[C@@]2(O)C3=C(CCN3C1=O)c1nc3ccccc3c3ccnc2c13. The van der Waals surface area contributed by atoms with Crippen molar-refractivity contribution in [3.8, 4) is 0 Å². The zero-order valence-electron chi connectivity index (χ0n) is 15.6. The van der Waals surface area contributed by atoms with E-state index in [9.17, 15) is 9.90 Å². The van der Waals surface area contributed by atoms with Gasteiger partial charge < -0.3 is 14.7 Å². The zero-order chi connectivity index (χ0) is 19.2. The number of aromatic nitrogens is 2. The molecule has 1 aliphatic carbocycles. The lowest BCUT2D eigenvalue weighted by Gasteiger charge is -2.45. The van der Waals surface area contributed by atoms with Crippen LogP contribution in [0.1, 0.15) is 31.7 Å². The van der Waals surface area contributed by atoms with Crippen LogP contribution in [0.3, 0.4) is 0 Å². The summed E-state index contributed by atoms with van der Waals surface area (Å²) in [4.78, 5) is 24.1. The Balaban J connectivity index is 1.75. The van der Waals surface area contributed by atoms with Crippen LogP contribution in [0, 0.1) is 5.92 Å². The highest BCUT2D eigenvalue weighted by Gasteiger charge is 2.57. The molecule has 0 unspecified atom stereocenters. The molecule has 0 spiro atoms. The minimum absolute atomic E-state index is 0.0579. The third-order valence-corrected chi connectivity index (χ3v) is 6.10. The third kappa shape index (κ3) is 1.77. The van der Waals surface area contributed by atoms with Crippen LogP contribution in [0.25, 0.3) is 27.2 Å². The van der Waals surface area contributed by atoms with Gasteiger partial charge in [-0.05, 0) is 29.9 Å². The van der Waals surface area contributed by atoms with Gasteiger partial charge in [0.25, 0.3) is 11.7 Å². The highest BCUT2D eigenvalue weighted by atomic mass is 16.6. The second kappa shape index (κ2) is 5.16. The van der Waals surface area contributed by atoms with Gasteiger partial charge in [0.2, 0.25) is 0 Å². The summed E-state index contributed by atoms with van der Waals surface area (Å²) in [5.41, 5.74) is 3.52. The normalized spacial score (nSPS) is 25.9. The van der Waals surface area contributed by atoms with Crippen molar-refractivity contribution >= 4 is 33.2 Å². The van der Waals surface area contributed by atoms with Crippen molar-refractivity contribution in [3.05, 3.63) is 53.6 Å². The molecule has 6 heteroatoms. The van der Waals surface area contributed by atoms with Crippen LogP contribution in [-0.4, -0.2) is 38.5 Å². The van der Waals surface area contributed by atoms with Gasteiger partial charge in [-0.1, -0.05) is 32.0 Å². The highest BCUT2D eigenvalue weighted by molar-refractivity contribution is 6.12. The molecule has 2 atom stereocenters. The summed E-state index contributed by atoms with van der Waals surface area (Å²) in [7, 11) is 0. The van der Waals surface area contributed by atoms with Crippen LogP contribution in [0.2, 0.25) is 0 Å². The number of ether oxygens (including phenoxy) is 1. The molecule has 1 aromatic carbocycles. The fourth-order valence-electron chi connectivity index (χ4n) is 4.86. The Morgan fingerprint density at radius 2 is 2.07 bits per heavy atom. The van der Waals surface area contributed by atoms with Gasteiger partial charge in [-0.3, -0.25) is 9.78 Å². The fourth-order valence-corrected chi connectivity index (χ4v) is 4.86. The van der Waals surface area contributed by atoms with Gasteiger partial charge in [-0.15, -0.1) is 0 Å². The first-order valence-corrected chi connectivity index (χ1v) is 9.64. The second-order valence-corrected chi connectivity index (χ2v) is 8.05. The molecule has 6 rings (SSSR count). The van der Waals surface area contributed by atoms with Gasteiger partial charge in [-0.2, -0.15) is 0 Å². The van der Waals surface area contributed by atoms with E-state index in [0.29, 0.717) is 24.4 Å². The minimum Gasteiger partial charge on any atom is -0.356 e. The fraction of sp³-hybridized carbons (Fsp3) is 0.318. The van der Waals surface area contributed by atoms with E-state index >= 15 is 0 Å². The number of rotatable bonds is 1. The predicted molar refractivity (Wildman–Crippen MR) is 104 cm³/mol. The first-order chi connectivity index (χ1) is 13.5. The molecule has 2 aromatic heterocycles. The number of amides is 1. The van der Waals surface area contributed by atoms with Crippen LogP contribution >= 0.6 is 0 Å². The molecule has 1 fully saturated rings. The number of para-hydroxylation sites is 1. The number of hydrogen-bond acceptors (Lipinski definition) is 5. The van der Waals surface area contributed by atoms with Crippen molar-refractivity contribution in [2.45, 2.75) is 32.2 Å². The van der Waals surface area contributed by atoms with E-state index in [1.54, 1.807) is 11.1 Å². The minimum atomic E-state index is -1.73. The molecule has 1 saturated heterocycles. The van der Waals surface area contributed by atoms with Gasteiger partial charge in [0, 0.05) is 29.1 Å². The lowest BCUT2D eigenvalue weighted by atomic mass is 9.86. The molecule has 140 valence electrons. The molecule has 0 radical (unpaired) electrons. The van der Waals surface area contributed by atoms with E-state index in [0.717, 1.165) is 32.9 Å². The molecule has 0 bridgehead atoms. The largest absolute Gasteiger partial charge is 0.356 e. The molecule has 28 heavy (non-hydrogen) atoms. The molecule has 0 saturated carbocycles. The van der Waals surface area contributed by atoms with E-state index < -0.39 is 11.9 Å². The van der Waals surface area contributed by atoms with E-state index in [1.165, 1.54) is 0 Å². The molecule has 1 amide bonds. The summed E-state index contributed by atoms with van der Waals surface area (Å²) < 4.78 is 6.11. The summed E-state index contributed by atoms with van der Waals surface area (Å²) in [5, 5.41) is 14.6. The van der Waals surface area contributed by atoms with Crippen molar-refractivity contribution in [2.24, 2.45) is 5.92 Å². The number of benzene rings is 1. The van der Waals surface area contributed by atoms with E-state index in [4.69, 9.17) is 9.72 Å². The number of carbonyl (C=O) groups is 1. The van der Waals surface area contributed by atoms with Crippen LogP contribution in [-0.2, 0) is 15.3 Å². The Morgan fingerprint density at radius 1 is 1.25 bits per heavy atom. The molecule has 1 N–H and O–H groups in total. The van der Waals surface area contributed by atoms with Crippen molar-refractivity contribution in [3.63, 3.8) is 0 Å². The average molecular weight is 373 g/mol. The molecular formula is C22H19N3O3. The summed E-state index contributed by atoms with van der Waals surface area (Å²) in [5.74, 6) is -1.88. The number of aliphatic hydroxyl groups is 1. The molecule has 6 nitrogen and oxygen atoms in total. The number of fused-ring (bicyclic) bond motifs is 4. The lowest BCUT2D eigenvalue weighted by Crippen LogP contribution is -2.56. The van der Waals surface area contributed by atoms with Gasteiger partial charge >= 0.3 is 0 Å². The van der Waals surface area contributed by atoms with Crippen molar-refractivity contribution in [1.82, 2.24) is 14.9 Å². The van der Waals surface area contributed by atoms with Crippen LogP contribution < -0.4 is 0 Å². The number of morpholine rings is 1. The Bertz CT molecular complexity index is 1230. The summed E-state index contributed by atoms with van der Waals surface area (Å²) in [6.45, 7) is 4.39. The lowest BCUT2D eigenvalue weighted by molar-refractivity contribution is -0.250. The van der Waals surface area contributed by atoms with Crippen molar-refractivity contribution in [2.75, 3.05) is 6.54 Å². The number of nitrogens with zero attached hydrogens (tertiary/aromatic N) is 3. The quantitative estimate of drug-likeness (QED) is 0.664. The second-order valence-electron chi connectivity index (χ2n) is 8.05. The van der Waals surface area contributed by atoms with E-state index in [-0.39, 0.29) is 11.8 Å². The highest BCUT2D eigenvalue weighted by Crippen LogP contribution is 2.53. The molecular weight excluding hydrogens is 354 g/mol. The number of carbonyl (C=O) groups excluding carboxylic acids is 1. The Morgan fingerprint density at radius 3 is 2.89 bits per heavy atom. The summed E-state index contributed by atoms with van der Waals surface area (Å²) >= 11 is 0. The standard InChI is InChI=1S/C22H19N3O3/c1-11(2)18-21(26)25-10-8-14-17-16-13(12-5-3-4-6-15(12)24-17)7-9-23-19(16)22(27,28-18)20(14)25/h3-7,9,11,18,27H,8,10H2,1-2H3/t18-,22+/m0/s1. The van der Waals surface area contributed by atoms with E-state index in [1.807, 2.05) is 44.2 Å². The Kier molecular flexibility index (Phi) is 2.97. The van der Waals surface area contributed by atoms with Gasteiger partial charge in [0.1, 0.15) is 11.8 Å². The molecule has 4 heterocycles. The maximum Gasteiger partial charge on any atom is 0.256 e. The average Bonchev–Trinajstić information content (AvgIpc) is 3.15. The van der Waals surface area contributed by atoms with Crippen LogP contribution in [0.15, 0.2) is 42.2 Å². The number of pyridine rings is 2. The van der Waals surface area contributed by atoms with Crippen molar-refractivity contribution in [1.29, 1.82) is 0 Å². The maximum atomic E-state index is 13.0. The smallest absolute Gasteiger partial charge is 0.256 e.